The molecule has 100 valence electrons. The summed E-state index contributed by atoms with van der Waals surface area (Å²) < 4.78 is 6.64. The van der Waals surface area contributed by atoms with Crippen LogP contribution in [-0.4, -0.2) is 22.1 Å². The second-order valence-corrected chi connectivity index (χ2v) is 4.15. The molecule has 0 saturated carbocycles. The summed E-state index contributed by atoms with van der Waals surface area (Å²) in [5.74, 6) is -0.355. The summed E-state index contributed by atoms with van der Waals surface area (Å²) >= 11 is 0. The quantitative estimate of drug-likeness (QED) is 0.482. The molecule has 1 aromatic carbocycles. The predicted octanol–water partition coefficient (Wildman–Crippen LogP) is 2.67. The van der Waals surface area contributed by atoms with E-state index in [2.05, 4.69) is 0 Å². The van der Waals surface area contributed by atoms with Crippen LogP contribution < -0.4 is 0 Å². The number of fused-ring (bicyclic) bond motifs is 1. The molecule has 2 rings (SSSR count). The zero-order valence-electron chi connectivity index (χ0n) is 10.7. The Morgan fingerprint density at radius 3 is 2.84 bits per heavy atom. The Balaban J connectivity index is 2.46. The van der Waals surface area contributed by atoms with Gasteiger partial charge in [-0.1, -0.05) is 0 Å². The molecule has 0 radical (unpaired) electrons. The van der Waals surface area contributed by atoms with Crippen molar-refractivity contribution in [3.63, 3.8) is 0 Å². The molecule has 0 N–H and O–H groups in total. The largest absolute Gasteiger partial charge is 0.464 e. The van der Waals surface area contributed by atoms with Crippen molar-refractivity contribution in [2.24, 2.45) is 0 Å². The van der Waals surface area contributed by atoms with Gasteiger partial charge in [0.15, 0.2) is 0 Å². The van der Waals surface area contributed by atoms with Crippen molar-refractivity contribution in [3.8, 4) is 0 Å². The van der Waals surface area contributed by atoms with E-state index in [0.717, 1.165) is 5.39 Å². The second kappa shape index (κ2) is 5.09. The van der Waals surface area contributed by atoms with E-state index in [-0.39, 0.29) is 11.7 Å². The smallest absolute Gasteiger partial charge is 0.328 e. The molecule has 0 amide bonds. The first-order valence-corrected chi connectivity index (χ1v) is 5.96. The van der Waals surface area contributed by atoms with E-state index in [1.54, 1.807) is 30.7 Å². The van der Waals surface area contributed by atoms with Gasteiger partial charge in [-0.05, 0) is 26.0 Å². The fourth-order valence-electron chi connectivity index (χ4n) is 1.97. The molecule has 6 heteroatoms. The number of esters is 1. The molecule has 1 heterocycles. The van der Waals surface area contributed by atoms with E-state index in [1.807, 2.05) is 6.07 Å². The van der Waals surface area contributed by atoms with Crippen LogP contribution >= 0.6 is 0 Å². The van der Waals surface area contributed by atoms with E-state index in [1.165, 1.54) is 12.1 Å². The predicted molar refractivity (Wildman–Crippen MR) is 69.9 cm³/mol. The lowest BCUT2D eigenvalue weighted by molar-refractivity contribution is -0.384. The molecule has 0 aliphatic carbocycles. The van der Waals surface area contributed by atoms with Crippen molar-refractivity contribution in [3.05, 3.63) is 40.6 Å². The van der Waals surface area contributed by atoms with Crippen LogP contribution in [0.2, 0.25) is 0 Å². The van der Waals surface area contributed by atoms with E-state index >= 15 is 0 Å². The van der Waals surface area contributed by atoms with Crippen molar-refractivity contribution in [2.45, 2.75) is 19.9 Å². The maximum Gasteiger partial charge on any atom is 0.328 e. The third-order valence-electron chi connectivity index (χ3n) is 2.96. The Bertz CT molecular complexity index is 633. The number of nitrogens with zero attached hydrogens (tertiary/aromatic N) is 2. The summed E-state index contributed by atoms with van der Waals surface area (Å²) in [7, 11) is 0. The molecule has 0 saturated heterocycles. The third kappa shape index (κ3) is 2.42. The standard InChI is InChI=1S/C13H14N2O4/c1-3-19-13(16)9(2)14-7-6-10-4-5-11(15(17)18)8-12(10)14/h4-9H,3H2,1-2H3. The van der Waals surface area contributed by atoms with Gasteiger partial charge in [-0.2, -0.15) is 0 Å². The number of aromatic nitrogens is 1. The van der Waals surface area contributed by atoms with Crippen molar-refractivity contribution in [1.82, 2.24) is 4.57 Å². The van der Waals surface area contributed by atoms with Crippen molar-refractivity contribution in [1.29, 1.82) is 0 Å². The van der Waals surface area contributed by atoms with Crippen LogP contribution in [0.15, 0.2) is 30.5 Å². The Morgan fingerprint density at radius 1 is 1.47 bits per heavy atom. The summed E-state index contributed by atoms with van der Waals surface area (Å²) in [5, 5.41) is 11.6. The number of carbonyl (C=O) groups is 1. The minimum Gasteiger partial charge on any atom is -0.464 e. The van der Waals surface area contributed by atoms with Gasteiger partial charge in [-0.15, -0.1) is 0 Å². The number of ether oxygens (including phenoxy) is 1. The highest BCUT2D eigenvalue weighted by Gasteiger charge is 2.18. The third-order valence-corrected chi connectivity index (χ3v) is 2.96. The lowest BCUT2D eigenvalue weighted by Crippen LogP contribution is -2.18. The Morgan fingerprint density at radius 2 is 2.21 bits per heavy atom. The number of benzene rings is 1. The van der Waals surface area contributed by atoms with Gasteiger partial charge in [-0.3, -0.25) is 10.1 Å². The Labute approximate surface area is 109 Å². The maximum atomic E-state index is 11.7. The van der Waals surface area contributed by atoms with Crippen molar-refractivity contribution in [2.75, 3.05) is 6.61 Å². The molecule has 0 bridgehead atoms. The number of nitro groups is 1. The maximum absolute atomic E-state index is 11.7. The SMILES string of the molecule is CCOC(=O)C(C)n1ccc2ccc([N+](=O)[O-])cc21. The fourth-order valence-corrected chi connectivity index (χ4v) is 1.97. The molecule has 2 aromatic rings. The summed E-state index contributed by atoms with van der Waals surface area (Å²) in [6.45, 7) is 3.75. The van der Waals surface area contributed by atoms with E-state index in [0.29, 0.717) is 12.1 Å². The van der Waals surface area contributed by atoms with Gasteiger partial charge in [0.1, 0.15) is 6.04 Å². The summed E-state index contributed by atoms with van der Waals surface area (Å²) in [6.07, 6.45) is 1.73. The first-order valence-electron chi connectivity index (χ1n) is 5.96. The summed E-state index contributed by atoms with van der Waals surface area (Å²) in [5.41, 5.74) is 0.651. The molecule has 1 aromatic heterocycles. The monoisotopic (exact) mass is 262 g/mol. The van der Waals surface area contributed by atoms with Gasteiger partial charge in [0.05, 0.1) is 17.0 Å². The van der Waals surface area contributed by atoms with E-state index in [9.17, 15) is 14.9 Å². The van der Waals surface area contributed by atoms with E-state index < -0.39 is 11.0 Å². The minimum absolute atomic E-state index is 0.00325. The number of rotatable bonds is 4. The zero-order chi connectivity index (χ0) is 14.0. The normalized spacial score (nSPS) is 12.3. The molecule has 6 nitrogen and oxygen atoms in total. The highest BCUT2D eigenvalue weighted by atomic mass is 16.6. The van der Waals surface area contributed by atoms with Gasteiger partial charge in [0, 0.05) is 23.7 Å². The molecular weight excluding hydrogens is 248 g/mol. The highest BCUT2D eigenvalue weighted by Crippen LogP contribution is 2.25. The van der Waals surface area contributed by atoms with Gasteiger partial charge in [0.2, 0.25) is 0 Å². The number of nitro benzene ring substituents is 1. The second-order valence-electron chi connectivity index (χ2n) is 4.15. The van der Waals surface area contributed by atoms with Gasteiger partial charge in [0.25, 0.3) is 5.69 Å². The first kappa shape index (κ1) is 13.1. The van der Waals surface area contributed by atoms with Crippen LogP contribution in [0.3, 0.4) is 0 Å². The number of carbonyl (C=O) groups excluding carboxylic acids is 1. The molecule has 0 aliphatic heterocycles. The summed E-state index contributed by atoms with van der Waals surface area (Å²) in [4.78, 5) is 22.1. The lowest BCUT2D eigenvalue weighted by atomic mass is 10.2. The molecule has 0 aliphatic rings. The first-order chi connectivity index (χ1) is 9.04. The molecule has 0 spiro atoms. The Hall–Kier alpha value is -2.37. The van der Waals surface area contributed by atoms with Gasteiger partial charge in [-0.25, -0.2) is 4.79 Å². The minimum atomic E-state index is -0.514. The van der Waals surface area contributed by atoms with Crippen molar-refractivity contribution < 1.29 is 14.5 Å². The van der Waals surface area contributed by atoms with Crippen LogP contribution in [0.25, 0.3) is 10.9 Å². The van der Waals surface area contributed by atoms with Crippen molar-refractivity contribution >= 4 is 22.6 Å². The van der Waals surface area contributed by atoms with Crippen LogP contribution in [0.1, 0.15) is 19.9 Å². The van der Waals surface area contributed by atoms with Crippen LogP contribution in [0.5, 0.6) is 0 Å². The lowest BCUT2D eigenvalue weighted by Gasteiger charge is -2.13. The number of hydrogen-bond acceptors (Lipinski definition) is 4. The molecule has 19 heavy (non-hydrogen) atoms. The topological polar surface area (TPSA) is 74.4 Å². The van der Waals surface area contributed by atoms with Gasteiger partial charge >= 0.3 is 5.97 Å². The molecule has 1 unspecified atom stereocenters. The van der Waals surface area contributed by atoms with Crippen LogP contribution in [0.4, 0.5) is 5.69 Å². The molecular formula is C13H14N2O4. The highest BCUT2D eigenvalue weighted by molar-refractivity contribution is 5.85. The summed E-state index contributed by atoms with van der Waals surface area (Å²) in [6, 6.07) is 5.88. The van der Waals surface area contributed by atoms with Crippen LogP contribution in [0, 0.1) is 10.1 Å². The number of hydrogen-bond donors (Lipinski definition) is 0. The Kier molecular flexibility index (Phi) is 3.50. The fraction of sp³-hybridized carbons (Fsp3) is 0.308. The van der Waals surface area contributed by atoms with E-state index in [4.69, 9.17) is 4.74 Å². The van der Waals surface area contributed by atoms with Gasteiger partial charge < -0.3 is 9.30 Å². The zero-order valence-corrected chi connectivity index (χ0v) is 10.7. The molecule has 1 atom stereocenters. The average molecular weight is 262 g/mol. The average Bonchev–Trinajstić information content (AvgIpc) is 2.80. The molecule has 0 fully saturated rings. The number of non-ortho nitro benzene ring substituents is 1. The van der Waals surface area contributed by atoms with Crippen LogP contribution in [-0.2, 0) is 9.53 Å².